The second-order valence-corrected chi connectivity index (χ2v) is 5.88. The van der Waals surface area contributed by atoms with Gasteiger partial charge >= 0.3 is 0 Å². The van der Waals surface area contributed by atoms with E-state index in [0.717, 1.165) is 18.8 Å². The molecule has 2 N–H and O–H groups in total. The summed E-state index contributed by atoms with van der Waals surface area (Å²) in [6.07, 6.45) is 4.36. The number of hydrogen-bond acceptors (Lipinski definition) is 4. The minimum atomic E-state index is 0.369. The van der Waals surface area contributed by atoms with Gasteiger partial charge in [0.05, 0.1) is 5.69 Å². The van der Waals surface area contributed by atoms with Crippen molar-refractivity contribution in [1.82, 2.24) is 14.8 Å². The Morgan fingerprint density at radius 3 is 3.05 bits per heavy atom. The lowest BCUT2D eigenvalue weighted by Crippen LogP contribution is -2.37. The zero-order valence-corrected chi connectivity index (χ0v) is 12.5. The van der Waals surface area contributed by atoms with Crippen LogP contribution in [-0.2, 0) is 6.54 Å². The van der Waals surface area contributed by atoms with Crippen molar-refractivity contribution in [2.45, 2.75) is 25.4 Å². The van der Waals surface area contributed by atoms with Gasteiger partial charge < -0.3 is 10.6 Å². The van der Waals surface area contributed by atoms with Crippen LogP contribution in [0.15, 0.2) is 18.3 Å². The molecule has 1 saturated heterocycles. The lowest BCUT2D eigenvalue weighted by Gasteiger charge is -2.27. The van der Waals surface area contributed by atoms with Crippen molar-refractivity contribution in [3.8, 4) is 0 Å². The summed E-state index contributed by atoms with van der Waals surface area (Å²) in [6.45, 7) is 3.24. The maximum absolute atomic E-state index is 5.63. The number of nitrogens with two attached hydrogens (primary N) is 1. The molecule has 0 saturated carbocycles. The van der Waals surface area contributed by atoms with Gasteiger partial charge in [-0.15, -0.1) is 0 Å². The van der Waals surface area contributed by atoms with Crippen molar-refractivity contribution < 1.29 is 0 Å². The summed E-state index contributed by atoms with van der Waals surface area (Å²) in [6, 6.07) is 4.71. The van der Waals surface area contributed by atoms with Gasteiger partial charge in [-0.1, -0.05) is 12.2 Å². The van der Waals surface area contributed by atoms with E-state index >= 15 is 0 Å². The Balaban J connectivity index is 2.03. The monoisotopic (exact) mass is 278 g/mol. The largest absolute Gasteiger partial charge is 0.388 e. The predicted octanol–water partition coefficient (Wildman–Crippen LogP) is 1.24. The van der Waals surface area contributed by atoms with E-state index in [2.05, 4.69) is 28.9 Å². The van der Waals surface area contributed by atoms with E-state index in [4.69, 9.17) is 18.0 Å². The van der Waals surface area contributed by atoms with Crippen LogP contribution < -0.4 is 5.73 Å². The van der Waals surface area contributed by atoms with Crippen molar-refractivity contribution in [2.24, 2.45) is 5.73 Å². The van der Waals surface area contributed by atoms with Crippen LogP contribution in [0.25, 0.3) is 0 Å². The molecule has 19 heavy (non-hydrogen) atoms. The van der Waals surface area contributed by atoms with Gasteiger partial charge in [-0.2, -0.15) is 0 Å². The van der Waals surface area contributed by atoms with Gasteiger partial charge in [-0.25, -0.2) is 0 Å². The standard InChI is InChI=1S/C14H22N4S/c1-17(2)10-12-4-3-7-18(12)9-11-5-6-16-13(8-11)14(15)19/h5-6,8,12H,3-4,7,9-10H2,1-2H3,(H2,15,19). The number of likely N-dealkylation sites (N-methyl/N-ethyl adjacent to an activating group) is 1. The molecule has 4 nitrogen and oxygen atoms in total. The van der Waals surface area contributed by atoms with Gasteiger partial charge in [-0.3, -0.25) is 9.88 Å². The molecule has 1 fully saturated rings. The van der Waals surface area contributed by atoms with Crippen molar-refractivity contribution in [1.29, 1.82) is 0 Å². The van der Waals surface area contributed by atoms with Crippen LogP contribution in [0.5, 0.6) is 0 Å². The summed E-state index contributed by atoms with van der Waals surface area (Å²) >= 11 is 4.98. The average molecular weight is 278 g/mol. The van der Waals surface area contributed by atoms with Crippen LogP contribution in [0.1, 0.15) is 24.1 Å². The molecule has 5 heteroatoms. The molecule has 0 spiro atoms. The molecule has 1 aliphatic rings. The molecule has 0 aromatic carbocycles. The maximum Gasteiger partial charge on any atom is 0.122 e. The van der Waals surface area contributed by atoms with E-state index < -0.39 is 0 Å². The number of rotatable bonds is 5. The Bertz CT molecular complexity index is 447. The fourth-order valence-electron chi connectivity index (χ4n) is 2.67. The van der Waals surface area contributed by atoms with E-state index in [1.165, 1.54) is 24.9 Å². The molecule has 0 aliphatic carbocycles. The predicted molar refractivity (Wildman–Crippen MR) is 82.1 cm³/mol. The van der Waals surface area contributed by atoms with Crippen molar-refractivity contribution in [2.75, 3.05) is 27.2 Å². The first-order chi connectivity index (χ1) is 9.06. The zero-order valence-electron chi connectivity index (χ0n) is 11.7. The number of nitrogens with zero attached hydrogens (tertiary/aromatic N) is 3. The fourth-order valence-corrected chi connectivity index (χ4v) is 2.79. The minimum Gasteiger partial charge on any atom is -0.388 e. The Morgan fingerprint density at radius 2 is 2.37 bits per heavy atom. The highest BCUT2D eigenvalue weighted by molar-refractivity contribution is 7.80. The normalized spacial score (nSPS) is 20.1. The first-order valence-electron chi connectivity index (χ1n) is 6.70. The van der Waals surface area contributed by atoms with Gasteiger partial charge in [0.15, 0.2) is 0 Å². The summed E-state index contributed by atoms with van der Waals surface area (Å²) in [5.41, 5.74) is 7.59. The molecule has 104 valence electrons. The molecule has 1 unspecified atom stereocenters. The quantitative estimate of drug-likeness (QED) is 0.821. The maximum atomic E-state index is 5.63. The van der Waals surface area contributed by atoms with Crippen LogP contribution in [0.3, 0.4) is 0 Å². The third-order valence-electron chi connectivity index (χ3n) is 3.54. The first-order valence-corrected chi connectivity index (χ1v) is 7.10. The fraction of sp³-hybridized carbons (Fsp3) is 0.571. The highest BCUT2D eigenvalue weighted by Gasteiger charge is 2.24. The van der Waals surface area contributed by atoms with E-state index in [1.54, 1.807) is 6.20 Å². The smallest absolute Gasteiger partial charge is 0.122 e. The van der Waals surface area contributed by atoms with E-state index in [9.17, 15) is 0 Å². The topological polar surface area (TPSA) is 45.4 Å². The molecular weight excluding hydrogens is 256 g/mol. The molecule has 1 atom stereocenters. The molecular formula is C14H22N4S. The van der Waals surface area contributed by atoms with Crippen molar-refractivity contribution >= 4 is 17.2 Å². The SMILES string of the molecule is CN(C)CC1CCCN1Cc1ccnc(C(N)=S)c1. The Labute approximate surface area is 120 Å². The molecule has 2 heterocycles. The Kier molecular flexibility index (Phi) is 4.85. The van der Waals surface area contributed by atoms with E-state index in [1.807, 2.05) is 12.1 Å². The molecule has 0 amide bonds. The van der Waals surface area contributed by atoms with Crippen molar-refractivity contribution in [3.05, 3.63) is 29.6 Å². The Morgan fingerprint density at radius 1 is 1.58 bits per heavy atom. The van der Waals surface area contributed by atoms with Crippen LogP contribution >= 0.6 is 12.2 Å². The van der Waals surface area contributed by atoms with E-state index in [-0.39, 0.29) is 0 Å². The number of hydrogen-bond donors (Lipinski definition) is 1. The van der Waals surface area contributed by atoms with Gasteiger partial charge in [0, 0.05) is 25.3 Å². The number of aromatic nitrogens is 1. The van der Waals surface area contributed by atoms with Gasteiger partial charge in [-0.05, 0) is 51.2 Å². The third-order valence-corrected chi connectivity index (χ3v) is 3.75. The van der Waals surface area contributed by atoms with Crippen molar-refractivity contribution in [3.63, 3.8) is 0 Å². The summed E-state index contributed by atoms with van der Waals surface area (Å²) in [5, 5.41) is 0. The summed E-state index contributed by atoms with van der Waals surface area (Å²) in [7, 11) is 4.27. The number of pyridine rings is 1. The van der Waals surface area contributed by atoms with Gasteiger partial charge in [0.25, 0.3) is 0 Å². The van der Waals surface area contributed by atoms with Crippen LogP contribution in [-0.4, -0.2) is 53.0 Å². The second kappa shape index (κ2) is 6.41. The first kappa shape index (κ1) is 14.4. The molecule has 1 aromatic heterocycles. The number of thiocarbonyl (C=S) groups is 1. The summed E-state index contributed by atoms with van der Waals surface area (Å²) in [5.74, 6) is 0. The second-order valence-electron chi connectivity index (χ2n) is 5.44. The summed E-state index contributed by atoms with van der Waals surface area (Å²) in [4.78, 5) is 9.36. The molecule has 1 aliphatic heterocycles. The number of likely N-dealkylation sites (tertiary alicyclic amines) is 1. The summed E-state index contributed by atoms with van der Waals surface area (Å²) < 4.78 is 0. The molecule has 2 rings (SSSR count). The molecule has 1 aromatic rings. The highest BCUT2D eigenvalue weighted by Crippen LogP contribution is 2.20. The van der Waals surface area contributed by atoms with Gasteiger partial charge in [0.2, 0.25) is 0 Å². The molecule has 0 radical (unpaired) electrons. The Hall–Kier alpha value is -1.04. The lowest BCUT2D eigenvalue weighted by molar-refractivity contribution is 0.201. The van der Waals surface area contributed by atoms with E-state index in [0.29, 0.717) is 11.0 Å². The van der Waals surface area contributed by atoms with Crippen LogP contribution in [0, 0.1) is 0 Å². The van der Waals surface area contributed by atoms with Crippen LogP contribution in [0.2, 0.25) is 0 Å². The third kappa shape index (κ3) is 3.96. The minimum absolute atomic E-state index is 0.369. The average Bonchev–Trinajstić information content (AvgIpc) is 2.76. The molecule has 0 bridgehead atoms. The zero-order chi connectivity index (χ0) is 13.8. The van der Waals surface area contributed by atoms with Crippen LogP contribution in [0.4, 0.5) is 0 Å². The van der Waals surface area contributed by atoms with Gasteiger partial charge in [0.1, 0.15) is 4.99 Å². The highest BCUT2D eigenvalue weighted by atomic mass is 32.1. The lowest BCUT2D eigenvalue weighted by atomic mass is 10.1.